The molecule has 0 atom stereocenters. The summed E-state index contributed by atoms with van der Waals surface area (Å²) in [6.07, 6.45) is 20.0. The molecule has 0 spiro atoms. The molecule has 12 rings (SSSR count). The van der Waals surface area contributed by atoms with Gasteiger partial charge in [0, 0.05) is 171 Å². The number of methoxy groups -OCH3 is 6. The van der Waals surface area contributed by atoms with Crippen LogP contribution >= 0.6 is 0 Å². The molecule has 0 unspecified atom stereocenters. The van der Waals surface area contributed by atoms with Crippen molar-refractivity contribution in [3.63, 3.8) is 0 Å². The summed E-state index contributed by atoms with van der Waals surface area (Å²) in [6.45, 7) is 7.26. The summed E-state index contributed by atoms with van der Waals surface area (Å²) in [7, 11) is 12.9. The van der Waals surface area contributed by atoms with Crippen LogP contribution in [-0.4, -0.2) is 177 Å². The van der Waals surface area contributed by atoms with Crippen LogP contribution in [0, 0.1) is 12.3 Å². The van der Waals surface area contributed by atoms with Gasteiger partial charge in [-0.1, -0.05) is 20.8 Å². The Kier molecular flexibility index (Phi) is 22.5. The van der Waals surface area contributed by atoms with E-state index in [0.29, 0.717) is 52.2 Å². The van der Waals surface area contributed by atoms with Crippen LogP contribution in [0.3, 0.4) is 0 Å². The Morgan fingerprint density at radius 1 is 0.480 bits per heavy atom. The van der Waals surface area contributed by atoms with Crippen molar-refractivity contribution in [2.45, 2.75) is 41.3 Å². The lowest BCUT2D eigenvalue weighted by atomic mass is 10.1. The minimum atomic E-state index is -2.76. The van der Waals surface area contributed by atoms with Crippen LogP contribution in [-0.2, 0) is 27.7 Å². The summed E-state index contributed by atoms with van der Waals surface area (Å²) in [5.41, 5.74) is 15.2. The molecule has 0 aliphatic heterocycles. The second-order valence-corrected chi connectivity index (χ2v) is 23.4. The molecule has 0 saturated heterocycles. The zero-order valence-corrected chi connectivity index (χ0v) is 56.9. The molecular weight excluding hydrogens is 1260 g/mol. The highest BCUT2D eigenvalue weighted by Gasteiger charge is 2.20. The van der Waals surface area contributed by atoms with Crippen molar-refractivity contribution in [3.05, 3.63) is 164 Å². The maximum absolute atomic E-state index is 9.78. The first-order valence-electron chi connectivity index (χ1n) is 34.2. The average molecular weight is 1360 g/mol. The Bertz CT molecular complexity index is 4900. The minimum absolute atomic E-state index is 0. The van der Waals surface area contributed by atoms with Gasteiger partial charge in [0.2, 0.25) is 0 Å². The van der Waals surface area contributed by atoms with E-state index < -0.39 is 14.1 Å². The molecule has 0 fully saturated rings. The van der Waals surface area contributed by atoms with E-state index in [1.54, 1.807) is 91.9 Å². The van der Waals surface area contributed by atoms with Gasteiger partial charge in [-0.25, -0.2) is 15.0 Å². The Morgan fingerprint density at radius 2 is 0.880 bits per heavy atom. The number of fused-ring (bicyclic) bond motifs is 3. The Labute approximate surface area is 594 Å². The SMILES string of the molecule is C.C.COc1cc(OC)cc(N(CCN(C)C(C)C)c2ccc3ncc(-c4cnn(C)c4)nc3c2)c1.COc1cc(OC)cc(N(CCO)c2ccc3ncc(-c4cnn(C)c4CN(C)C)nc3c2)c1.[2H]C([2H])([2H])Oc1cc(OC([2H])([2H])[2H])cc(N(CC#C)c2ccc3ncc(-c4cnn(C)c4)nc3c2)c1. The lowest BCUT2D eigenvalue weighted by molar-refractivity contribution is 0.281. The summed E-state index contributed by atoms with van der Waals surface area (Å²) in [5, 5.41) is 22.6. The number of aryl methyl sites for hydroxylation is 3. The van der Waals surface area contributed by atoms with Crippen LogP contribution in [0.4, 0.5) is 34.1 Å². The number of terminal acetylenes is 1. The predicted molar refractivity (Wildman–Crippen MR) is 399 cm³/mol. The van der Waals surface area contributed by atoms with Crippen molar-refractivity contribution in [2.75, 3.05) is 111 Å². The molecule has 1 N–H and O–H groups in total. The normalized spacial score (nSPS) is 12.0. The minimum Gasteiger partial charge on any atom is -0.497 e. The molecule has 6 aromatic carbocycles. The molecule has 0 aliphatic rings. The van der Waals surface area contributed by atoms with Crippen molar-refractivity contribution in [2.24, 2.45) is 21.1 Å². The van der Waals surface area contributed by atoms with Gasteiger partial charge in [0.1, 0.15) is 34.5 Å². The third-order valence-corrected chi connectivity index (χ3v) is 16.2. The summed E-state index contributed by atoms with van der Waals surface area (Å²) in [4.78, 5) is 38.6. The number of aromatic nitrogens is 12. The van der Waals surface area contributed by atoms with Gasteiger partial charge < -0.3 is 58.0 Å². The third kappa shape index (κ3) is 17.8. The number of likely N-dealkylation sites (N-methyl/N-ethyl adjacent to an activating group) is 1. The van der Waals surface area contributed by atoms with E-state index >= 15 is 0 Å². The van der Waals surface area contributed by atoms with Gasteiger partial charge in [0.25, 0.3) is 0 Å². The number of hydrogen-bond acceptors (Lipinski definition) is 21. The number of rotatable bonds is 24. The van der Waals surface area contributed by atoms with Gasteiger partial charge in [-0.2, -0.15) is 15.3 Å². The summed E-state index contributed by atoms with van der Waals surface area (Å²) >= 11 is 0. The van der Waals surface area contributed by atoms with E-state index in [9.17, 15) is 5.11 Å². The monoisotopic (exact) mass is 1360 g/mol. The van der Waals surface area contributed by atoms with Crippen molar-refractivity contribution < 1.29 is 41.8 Å². The van der Waals surface area contributed by atoms with Gasteiger partial charge in [0.15, 0.2) is 0 Å². The quantitative estimate of drug-likeness (QED) is 0.0555. The predicted octanol–water partition coefficient (Wildman–Crippen LogP) is 12.9. The Balaban J connectivity index is 0.000000199. The van der Waals surface area contributed by atoms with Crippen LogP contribution < -0.4 is 43.1 Å². The second-order valence-electron chi connectivity index (χ2n) is 23.4. The molecule has 522 valence electrons. The molecule has 100 heavy (non-hydrogen) atoms. The number of hydrogen-bond donors (Lipinski definition) is 1. The number of aliphatic hydroxyl groups is 1. The largest absolute Gasteiger partial charge is 0.497 e. The summed E-state index contributed by atoms with van der Waals surface area (Å²) in [5.74, 6) is 5.19. The maximum Gasteiger partial charge on any atom is 0.124 e. The maximum atomic E-state index is 9.78. The smallest absolute Gasteiger partial charge is 0.124 e. The topological polar surface area (TPSA) is 223 Å². The fraction of sp³-hybridized carbons (Fsp3) is 0.303. The van der Waals surface area contributed by atoms with Crippen LogP contribution in [0.1, 0.15) is 42.6 Å². The van der Waals surface area contributed by atoms with Crippen LogP contribution in [0.5, 0.6) is 34.5 Å². The highest BCUT2D eigenvalue weighted by molar-refractivity contribution is 5.86. The molecule has 0 bridgehead atoms. The van der Waals surface area contributed by atoms with Crippen LogP contribution in [0.2, 0.25) is 0 Å². The molecule has 12 aromatic rings. The van der Waals surface area contributed by atoms with Gasteiger partial charge in [0.05, 0.1) is 157 Å². The van der Waals surface area contributed by atoms with E-state index in [-0.39, 0.29) is 39.5 Å². The van der Waals surface area contributed by atoms with Gasteiger partial charge >= 0.3 is 0 Å². The Morgan fingerprint density at radius 3 is 1.26 bits per heavy atom. The number of ether oxygens (including phenoxy) is 6. The van der Waals surface area contributed by atoms with Crippen molar-refractivity contribution >= 4 is 67.2 Å². The Hall–Kier alpha value is -11.4. The van der Waals surface area contributed by atoms with Crippen LogP contribution in [0.25, 0.3) is 66.9 Å². The van der Waals surface area contributed by atoms with Gasteiger partial charge in [-0.3, -0.25) is 29.0 Å². The number of aliphatic hydroxyl groups excluding tert-OH is 1. The first-order valence-corrected chi connectivity index (χ1v) is 31.2. The lowest BCUT2D eigenvalue weighted by Gasteiger charge is -2.29. The standard InChI is InChI=1S/C26H32N6O2.C25H30N6O3.C23H21N5O2.2CH4/c1-18(2)30(3)9-10-32(21-11-22(33-5)14-23(12-21)34-6)20-7-8-24-25(13-20)29-26(16-27-24)19-15-28-31(4)17-19;1-29(2)16-25-21(14-27-30(25)3)24-15-26-22-7-6-17(12-23(22)28-24)31(8-9-32)18-10-19(33-4)13-20(11-18)34-5;1-5-8-28(18-9-19(29-3)12-20(10-18)30-4)17-6-7-21-22(11-17)26-23(14-24-21)16-13-25-27(2)15-16;;/h7-8,11-18H,9-10H2,1-6H3;6-7,10-15,32H,8-9,16H2,1-5H3;1,6-7,9-15H,8H2,2-4H3;2*1H4/i;;3D3,4D3;;. The number of benzene rings is 6. The molecule has 6 heterocycles. The van der Waals surface area contributed by atoms with Crippen LogP contribution in [0.15, 0.2) is 159 Å². The molecule has 0 aliphatic carbocycles. The van der Waals surface area contributed by atoms with Gasteiger partial charge in [-0.05, 0) is 89.6 Å². The molecular formula is C76H91N17O7. The zero-order chi connectivity index (χ0) is 74.6. The molecule has 24 heteroatoms. The van der Waals surface area contributed by atoms with E-state index in [1.165, 1.54) is 18.2 Å². The molecule has 24 nitrogen and oxygen atoms in total. The first kappa shape index (κ1) is 65.9. The molecule has 0 radical (unpaired) electrons. The number of nitrogens with zero attached hydrogens (tertiary/aromatic N) is 17. The van der Waals surface area contributed by atoms with E-state index in [4.69, 9.17) is 58.0 Å². The van der Waals surface area contributed by atoms with Crippen molar-refractivity contribution in [1.29, 1.82) is 0 Å². The fourth-order valence-electron chi connectivity index (χ4n) is 10.8. The highest BCUT2D eigenvalue weighted by Crippen LogP contribution is 2.38. The third-order valence-electron chi connectivity index (χ3n) is 16.2. The molecule has 6 aromatic heterocycles. The lowest BCUT2D eigenvalue weighted by Crippen LogP contribution is -2.34. The molecule has 0 saturated carbocycles. The van der Waals surface area contributed by atoms with Crippen molar-refractivity contribution in [3.8, 4) is 80.6 Å². The average Bonchev–Trinajstić information content (AvgIpc) is 1.28. The van der Waals surface area contributed by atoms with E-state index in [0.717, 1.165) is 110 Å². The zero-order valence-electron chi connectivity index (χ0n) is 62.9. The summed E-state index contributed by atoms with van der Waals surface area (Å²) in [6, 6.07) is 33.5. The van der Waals surface area contributed by atoms with E-state index in [1.807, 2.05) is 124 Å². The number of anilines is 6. The first-order chi connectivity index (χ1) is 49.7. The highest BCUT2D eigenvalue weighted by atomic mass is 16.5. The van der Waals surface area contributed by atoms with E-state index in [2.05, 4.69) is 83.9 Å². The molecule has 0 amide bonds. The second kappa shape index (κ2) is 34.2. The van der Waals surface area contributed by atoms with Crippen molar-refractivity contribution in [1.82, 2.24) is 69.0 Å². The fourth-order valence-corrected chi connectivity index (χ4v) is 10.8. The van der Waals surface area contributed by atoms with Gasteiger partial charge in [-0.15, -0.1) is 6.42 Å². The summed E-state index contributed by atoms with van der Waals surface area (Å²) < 4.78 is 81.8.